The van der Waals surface area contributed by atoms with Gasteiger partial charge in [-0.15, -0.1) is 0 Å². The van der Waals surface area contributed by atoms with Gasteiger partial charge in [-0.05, 0) is 24.3 Å². The number of carbonyl (C=O) groups is 1. The van der Waals surface area contributed by atoms with Crippen LogP contribution in [0.15, 0.2) is 36.5 Å². The van der Waals surface area contributed by atoms with Crippen molar-refractivity contribution in [3.63, 3.8) is 0 Å². The molecule has 1 aromatic carbocycles. The van der Waals surface area contributed by atoms with E-state index in [-0.39, 0.29) is 5.69 Å². The lowest BCUT2D eigenvalue weighted by Gasteiger charge is -1.96. The second-order valence-corrected chi connectivity index (χ2v) is 4.12. The molecule has 18 heavy (non-hydrogen) atoms. The molecule has 0 saturated carbocycles. The Labute approximate surface area is 103 Å². The second kappa shape index (κ2) is 3.73. The lowest BCUT2D eigenvalue weighted by Crippen LogP contribution is -2.04. The molecule has 5 nitrogen and oxygen atoms in total. The summed E-state index contributed by atoms with van der Waals surface area (Å²) < 4.78 is 1.37. The number of hydrogen-bond acceptors (Lipinski definition) is 2. The van der Waals surface area contributed by atoms with Crippen molar-refractivity contribution >= 4 is 16.9 Å². The van der Waals surface area contributed by atoms with Gasteiger partial charge in [0.15, 0.2) is 0 Å². The van der Waals surface area contributed by atoms with Crippen molar-refractivity contribution in [3.8, 4) is 11.3 Å². The van der Waals surface area contributed by atoms with Crippen LogP contribution in [0.5, 0.6) is 0 Å². The third-order valence-corrected chi connectivity index (χ3v) is 2.95. The van der Waals surface area contributed by atoms with Gasteiger partial charge in [0.2, 0.25) is 0 Å². The van der Waals surface area contributed by atoms with E-state index < -0.39 is 5.97 Å². The van der Waals surface area contributed by atoms with Crippen molar-refractivity contribution in [2.75, 3.05) is 0 Å². The Balaban J connectivity index is 2.13. The summed E-state index contributed by atoms with van der Waals surface area (Å²) in [5.74, 6) is -0.973. The first-order chi connectivity index (χ1) is 8.65. The van der Waals surface area contributed by atoms with Crippen molar-refractivity contribution in [1.82, 2.24) is 14.8 Å². The molecular formula is C13H11N3O2. The predicted octanol–water partition coefficient (Wildman–Crippen LogP) is 2.27. The first-order valence-electron chi connectivity index (χ1n) is 5.50. The third kappa shape index (κ3) is 1.57. The van der Waals surface area contributed by atoms with Crippen molar-refractivity contribution in [1.29, 1.82) is 0 Å². The highest BCUT2D eigenvalue weighted by molar-refractivity contribution is 5.89. The molecule has 5 heteroatoms. The van der Waals surface area contributed by atoms with Gasteiger partial charge in [-0.3, -0.25) is 4.68 Å². The Bertz CT molecular complexity index is 740. The van der Waals surface area contributed by atoms with Crippen LogP contribution in [0.25, 0.3) is 22.2 Å². The minimum Gasteiger partial charge on any atom is -0.477 e. The SMILES string of the molecule is Cn1nc(-c2ccc3[nH]ccc3c2)cc1C(=O)O. The monoisotopic (exact) mass is 241 g/mol. The molecule has 0 atom stereocenters. The van der Waals surface area contributed by atoms with Gasteiger partial charge in [-0.2, -0.15) is 5.10 Å². The number of fused-ring (bicyclic) bond motifs is 1. The summed E-state index contributed by atoms with van der Waals surface area (Å²) >= 11 is 0. The molecule has 3 aromatic rings. The molecule has 0 aliphatic carbocycles. The minimum atomic E-state index is -0.973. The minimum absolute atomic E-state index is 0.180. The van der Waals surface area contributed by atoms with Crippen LogP contribution in [-0.4, -0.2) is 25.8 Å². The molecular weight excluding hydrogens is 230 g/mol. The highest BCUT2D eigenvalue weighted by Crippen LogP contribution is 2.23. The highest BCUT2D eigenvalue weighted by atomic mass is 16.4. The second-order valence-electron chi connectivity index (χ2n) is 4.12. The summed E-state index contributed by atoms with van der Waals surface area (Å²) in [6.45, 7) is 0. The van der Waals surface area contributed by atoms with Gasteiger partial charge in [0, 0.05) is 29.7 Å². The largest absolute Gasteiger partial charge is 0.477 e. The van der Waals surface area contributed by atoms with Crippen LogP contribution >= 0.6 is 0 Å². The number of carboxylic acids is 1. The average Bonchev–Trinajstić information content (AvgIpc) is 2.93. The maximum absolute atomic E-state index is 11.0. The van der Waals surface area contributed by atoms with Crippen LogP contribution in [0.2, 0.25) is 0 Å². The van der Waals surface area contributed by atoms with Crippen molar-refractivity contribution < 1.29 is 9.90 Å². The molecule has 0 saturated heterocycles. The van der Waals surface area contributed by atoms with Crippen LogP contribution in [0.4, 0.5) is 0 Å². The molecule has 2 heterocycles. The van der Waals surface area contributed by atoms with Crippen LogP contribution in [-0.2, 0) is 7.05 Å². The van der Waals surface area contributed by atoms with Crippen LogP contribution < -0.4 is 0 Å². The summed E-state index contributed by atoms with van der Waals surface area (Å²) in [5.41, 5.74) is 2.80. The number of nitrogens with zero attached hydrogens (tertiary/aromatic N) is 2. The van der Waals surface area contributed by atoms with E-state index in [1.165, 1.54) is 4.68 Å². The number of nitrogens with one attached hydrogen (secondary N) is 1. The predicted molar refractivity (Wildman–Crippen MR) is 67.5 cm³/mol. The number of aryl methyl sites for hydroxylation is 1. The fourth-order valence-corrected chi connectivity index (χ4v) is 2.02. The normalized spacial score (nSPS) is 10.9. The molecule has 0 spiro atoms. The number of benzene rings is 1. The molecule has 0 amide bonds. The fourth-order valence-electron chi connectivity index (χ4n) is 2.02. The maximum Gasteiger partial charge on any atom is 0.354 e. The number of aromatic amines is 1. The molecule has 2 aromatic heterocycles. The number of H-pyrrole nitrogens is 1. The van der Waals surface area contributed by atoms with Gasteiger partial charge >= 0.3 is 5.97 Å². The van der Waals surface area contributed by atoms with E-state index in [9.17, 15) is 4.79 Å². The van der Waals surface area contributed by atoms with Crippen LogP contribution in [0, 0.1) is 0 Å². The molecule has 0 radical (unpaired) electrons. The van der Waals surface area contributed by atoms with E-state index in [0.717, 1.165) is 16.5 Å². The Kier molecular flexibility index (Phi) is 2.19. The van der Waals surface area contributed by atoms with E-state index in [2.05, 4.69) is 10.1 Å². The first kappa shape index (κ1) is 10.6. The topological polar surface area (TPSA) is 70.9 Å². The smallest absolute Gasteiger partial charge is 0.354 e. The maximum atomic E-state index is 11.0. The number of aromatic carboxylic acids is 1. The number of aromatic nitrogens is 3. The Morgan fingerprint density at radius 2 is 2.17 bits per heavy atom. The van der Waals surface area contributed by atoms with E-state index in [0.29, 0.717) is 5.69 Å². The van der Waals surface area contributed by atoms with Crippen LogP contribution in [0.3, 0.4) is 0 Å². The molecule has 0 aliphatic rings. The lowest BCUT2D eigenvalue weighted by atomic mass is 10.1. The number of carboxylic acid groups (broad SMARTS) is 1. The molecule has 0 aliphatic heterocycles. The van der Waals surface area contributed by atoms with Gasteiger partial charge in [-0.1, -0.05) is 6.07 Å². The molecule has 0 unspecified atom stereocenters. The highest BCUT2D eigenvalue weighted by Gasteiger charge is 2.12. The summed E-state index contributed by atoms with van der Waals surface area (Å²) in [6.07, 6.45) is 1.87. The number of hydrogen-bond donors (Lipinski definition) is 2. The molecule has 0 bridgehead atoms. The first-order valence-corrected chi connectivity index (χ1v) is 5.50. The van der Waals surface area contributed by atoms with Gasteiger partial charge in [0.1, 0.15) is 5.69 Å². The fraction of sp³-hybridized carbons (Fsp3) is 0.0769. The number of rotatable bonds is 2. The van der Waals surface area contributed by atoms with Crippen molar-refractivity contribution in [2.45, 2.75) is 0 Å². The zero-order valence-electron chi connectivity index (χ0n) is 9.71. The van der Waals surface area contributed by atoms with Crippen LogP contribution in [0.1, 0.15) is 10.5 Å². The van der Waals surface area contributed by atoms with E-state index in [1.54, 1.807) is 13.1 Å². The molecule has 90 valence electrons. The Morgan fingerprint density at radius 3 is 2.89 bits per heavy atom. The van der Waals surface area contributed by atoms with Gasteiger partial charge in [-0.25, -0.2) is 4.79 Å². The summed E-state index contributed by atoms with van der Waals surface area (Å²) in [4.78, 5) is 14.1. The van der Waals surface area contributed by atoms with E-state index in [1.807, 2.05) is 30.5 Å². The summed E-state index contributed by atoms with van der Waals surface area (Å²) in [5, 5.41) is 14.3. The van der Waals surface area contributed by atoms with Gasteiger partial charge < -0.3 is 10.1 Å². The summed E-state index contributed by atoms with van der Waals surface area (Å²) in [7, 11) is 1.63. The molecule has 3 rings (SSSR count). The Hall–Kier alpha value is -2.56. The zero-order valence-corrected chi connectivity index (χ0v) is 9.71. The van der Waals surface area contributed by atoms with E-state index >= 15 is 0 Å². The molecule has 0 fully saturated rings. The molecule has 2 N–H and O–H groups in total. The quantitative estimate of drug-likeness (QED) is 0.723. The summed E-state index contributed by atoms with van der Waals surface area (Å²) in [6, 6.07) is 9.42. The zero-order chi connectivity index (χ0) is 12.7. The third-order valence-electron chi connectivity index (χ3n) is 2.95. The van der Waals surface area contributed by atoms with Gasteiger partial charge in [0.05, 0.1) is 5.69 Å². The van der Waals surface area contributed by atoms with Crippen molar-refractivity contribution in [3.05, 3.63) is 42.2 Å². The Morgan fingerprint density at radius 1 is 1.33 bits per heavy atom. The van der Waals surface area contributed by atoms with E-state index in [4.69, 9.17) is 5.11 Å². The standard InChI is InChI=1S/C13H11N3O2/c1-16-12(13(17)18)7-11(15-16)8-2-3-10-9(6-8)4-5-14-10/h2-7,14H,1H3,(H,17,18). The average molecular weight is 241 g/mol. The van der Waals surface area contributed by atoms with Crippen molar-refractivity contribution in [2.24, 2.45) is 7.05 Å². The lowest BCUT2D eigenvalue weighted by molar-refractivity contribution is 0.0685. The van der Waals surface area contributed by atoms with Gasteiger partial charge in [0.25, 0.3) is 0 Å².